The van der Waals surface area contributed by atoms with Gasteiger partial charge in [0.25, 0.3) is 5.82 Å². The van der Waals surface area contributed by atoms with Crippen LogP contribution in [0, 0.1) is 13.8 Å². The summed E-state index contributed by atoms with van der Waals surface area (Å²) >= 11 is 0. The number of hydrogen-bond donors (Lipinski definition) is 0. The maximum absolute atomic E-state index is 4.50. The van der Waals surface area contributed by atoms with Gasteiger partial charge in [0, 0.05) is 18.0 Å². The lowest BCUT2D eigenvalue weighted by Crippen LogP contribution is -2.30. The Morgan fingerprint density at radius 3 is 2.03 bits per heavy atom. The molecule has 6 rings (SSSR count). The van der Waals surface area contributed by atoms with Crippen molar-refractivity contribution in [2.45, 2.75) is 13.8 Å². The van der Waals surface area contributed by atoms with Crippen LogP contribution in [-0.2, 0) is 7.05 Å². The summed E-state index contributed by atoms with van der Waals surface area (Å²) in [6.07, 6.45) is 3.84. The van der Waals surface area contributed by atoms with Crippen molar-refractivity contribution in [2.24, 2.45) is 7.05 Å². The molecule has 0 unspecified atom stereocenters. The van der Waals surface area contributed by atoms with Crippen molar-refractivity contribution in [2.75, 3.05) is 0 Å². The molecule has 0 saturated heterocycles. The molecule has 0 aliphatic heterocycles. The van der Waals surface area contributed by atoms with Gasteiger partial charge in [-0.3, -0.25) is 4.98 Å². The number of rotatable bonds is 4. The van der Waals surface area contributed by atoms with Crippen molar-refractivity contribution in [1.82, 2.24) is 9.55 Å². The van der Waals surface area contributed by atoms with Gasteiger partial charge in [-0.2, -0.15) is 4.57 Å². The lowest BCUT2D eigenvalue weighted by Gasteiger charge is -2.16. The van der Waals surface area contributed by atoms with Crippen LogP contribution in [0.3, 0.4) is 0 Å². The standard InChI is InChI=1S/C33H28N3/c1-23-18-19-34-22-29(23)33-35(3)30-16-10-11-17-31(30)36(33)32-24(2)20-27(25-12-6-4-7-13-25)21-28(32)26-14-8-5-9-15-26/h4-22H,1-3H3/q+1. The summed E-state index contributed by atoms with van der Waals surface area (Å²) < 4.78 is 4.71. The Kier molecular flexibility index (Phi) is 5.46. The fourth-order valence-corrected chi connectivity index (χ4v) is 5.25. The van der Waals surface area contributed by atoms with Gasteiger partial charge in [0.05, 0.1) is 12.6 Å². The Labute approximate surface area is 212 Å². The highest BCUT2D eigenvalue weighted by molar-refractivity contribution is 5.87. The molecule has 0 spiro atoms. The molecular weight excluding hydrogens is 438 g/mol. The molecule has 0 saturated carbocycles. The summed E-state index contributed by atoms with van der Waals surface area (Å²) in [5.74, 6) is 1.12. The second-order valence-electron chi connectivity index (χ2n) is 9.32. The zero-order chi connectivity index (χ0) is 24.6. The number of fused-ring (bicyclic) bond motifs is 1. The van der Waals surface area contributed by atoms with Gasteiger partial charge in [-0.1, -0.05) is 72.8 Å². The molecule has 0 aliphatic carbocycles. The van der Waals surface area contributed by atoms with E-state index >= 15 is 0 Å². The predicted molar refractivity (Wildman–Crippen MR) is 148 cm³/mol. The molecule has 36 heavy (non-hydrogen) atoms. The van der Waals surface area contributed by atoms with Gasteiger partial charge in [-0.15, -0.1) is 0 Å². The normalized spacial score (nSPS) is 11.2. The van der Waals surface area contributed by atoms with Crippen molar-refractivity contribution in [3.05, 3.63) is 127 Å². The van der Waals surface area contributed by atoms with E-state index in [1.54, 1.807) is 0 Å². The van der Waals surface area contributed by atoms with Gasteiger partial charge >= 0.3 is 0 Å². The van der Waals surface area contributed by atoms with Crippen LogP contribution in [0.4, 0.5) is 0 Å². The smallest absolute Gasteiger partial charge is 0.264 e. The minimum Gasteiger partial charge on any atom is -0.264 e. The van der Waals surface area contributed by atoms with E-state index in [0.29, 0.717) is 0 Å². The highest BCUT2D eigenvalue weighted by Gasteiger charge is 2.30. The topological polar surface area (TPSA) is 21.7 Å². The summed E-state index contributed by atoms with van der Waals surface area (Å²) in [4.78, 5) is 4.50. The minimum absolute atomic E-state index is 1.12. The Balaban J connectivity index is 1.75. The highest BCUT2D eigenvalue weighted by atomic mass is 15.2. The molecule has 0 fully saturated rings. The lowest BCUT2D eigenvalue weighted by atomic mass is 9.94. The Morgan fingerprint density at radius 1 is 0.639 bits per heavy atom. The zero-order valence-corrected chi connectivity index (χ0v) is 20.8. The molecule has 3 nitrogen and oxygen atoms in total. The third-order valence-electron chi connectivity index (χ3n) is 7.01. The van der Waals surface area contributed by atoms with E-state index < -0.39 is 0 Å². The molecule has 4 aromatic carbocycles. The Morgan fingerprint density at radius 2 is 1.31 bits per heavy atom. The summed E-state index contributed by atoms with van der Waals surface area (Å²) in [6.45, 7) is 4.38. The van der Waals surface area contributed by atoms with Gasteiger partial charge < -0.3 is 0 Å². The summed E-state index contributed by atoms with van der Waals surface area (Å²) in [5, 5.41) is 0. The minimum atomic E-state index is 1.12. The van der Waals surface area contributed by atoms with Crippen LogP contribution < -0.4 is 4.57 Å². The highest BCUT2D eigenvalue weighted by Crippen LogP contribution is 2.38. The first-order chi connectivity index (χ1) is 17.6. The molecule has 0 aliphatic rings. The third-order valence-corrected chi connectivity index (χ3v) is 7.01. The van der Waals surface area contributed by atoms with Crippen molar-refractivity contribution in [3.63, 3.8) is 0 Å². The maximum atomic E-state index is 4.50. The fourth-order valence-electron chi connectivity index (χ4n) is 5.25. The number of pyridine rings is 1. The van der Waals surface area contributed by atoms with Gasteiger partial charge in [0.2, 0.25) is 0 Å². The van der Waals surface area contributed by atoms with Gasteiger partial charge in [-0.05, 0) is 72.0 Å². The second-order valence-corrected chi connectivity index (χ2v) is 9.32. The molecule has 3 heteroatoms. The van der Waals surface area contributed by atoms with Crippen LogP contribution in [0.15, 0.2) is 116 Å². The zero-order valence-electron chi connectivity index (χ0n) is 20.8. The summed E-state index contributed by atoms with van der Waals surface area (Å²) in [7, 11) is 2.15. The SMILES string of the molecule is Cc1ccncc1-c1n(-c2c(C)cc(-c3ccccc3)cc2-c2ccccc2)c2ccccc2[n+]1C. The molecule has 2 heterocycles. The monoisotopic (exact) mass is 466 g/mol. The fraction of sp³-hybridized carbons (Fsp3) is 0.0909. The number of imidazole rings is 1. The van der Waals surface area contributed by atoms with E-state index in [-0.39, 0.29) is 0 Å². The van der Waals surface area contributed by atoms with Crippen molar-refractivity contribution >= 4 is 11.0 Å². The van der Waals surface area contributed by atoms with E-state index in [1.165, 1.54) is 50.1 Å². The Hall–Kier alpha value is -4.50. The van der Waals surface area contributed by atoms with Crippen LogP contribution in [0.1, 0.15) is 11.1 Å². The second kappa shape index (κ2) is 8.94. The average molecular weight is 467 g/mol. The molecule has 0 amide bonds. The number of hydrogen-bond acceptors (Lipinski definition) is 1. The first-order valence-electron chi connectivity index (χ1n) is 12.3. The van der Waals surface area contributed by atoms with Crippen LogP contribution >= 0.6 is 0 Å². The molecule has 2 aromatic heterocycles. The van der Waals surface area contributed by atoms with E-state index in [1.807, 2.05) is 12.4 Å². The number of aromatic nitrogens is 3. The molecule has 0 N–H and O–H groups in total. The van der Waals surface area contributed by atoms with E-state index in [2.05, 4.69) is 138 Å². The van der Waals surface area contributed by atoms with E-state index in [4.69, 9.17) is 0 Å². The predicted octanol–water partition coefficient (Wildman–Crippen LogP) is 7.47. The van der Waals surface area contributed by atoms with Gasteiger partial charge in [0.1, 0.15) is 5.69 Å². The average Bonchev–Trinajstić information content (AvgIpc) is 3.21. The largest absolute Gasteiger partial charge is 0.296 e. The van der Waals surface area contributed by atoms with Crippen molar-refractivity contribution < 1.29 is 4.57 Å². The van der Waals surface area contributed by atoms with Crippen molar-refractivity contribution in [1.29, 1.82) is 0 Å². The molecular formula is C33H28N3+. The maximum Gasteiger partial charge on any atom is 0.296 e. The lowest BCUT2D eigenvalue weighted by molar-refractivity contribution is -0.633. The number of aryl methyl sites for hydroxylation is 3. The molecule has 0 bridgehead atoms. The molecule has 174 valence electrons. The quantitative estimate of drug-likeness (QED) is 0.247. The van der Waals surface area contributed by atoms with Crippen LogP contribution in [0.5, 0.6) is 0 Å². The number of nitrogens with zero attached hydrogens (tertiary/aromatic N) is 3. The molecule has 0 atom stereocenters. The molecule has 0 radical (unpaired) electrons. The van der Waals surface area contributed by atoms with Crippen LogP contribution in [-0.4, -0.2) is 9.55 Å². The van der Waals surface area contributed by atoms with Crippen LogP contribution in [0.25, 0.3) is 50.4 Å². The first kappa shape index (κ1) is 22.0. The van der Waals surface area contributed by atoms with E-state index in [9.17, 15) is 0 Å². The first-order valence-corrected chi connectivity index (χ1v) is 12.3. The summed E-state index contributed by atoms with van der Waals surface area (Å²) in [5.41, 5.74) is 11.9. The van der Waals surface area contributed by atoms with Crippen molar-refractivity contribution in [3.8, 4) is 39.3 Å². The number of para-hydroxylation sites is 2. The van der Waals surface area contributed by atoms with Gasteiger partial charge in [-0.25, -0.2) is 4.57 Å². The van der Waals surface area contributed by atoms with Crippen LogP contribution in [0.2, 0.25) is 0 Å². The summed E-state index contributed by atoms with van der Waals surface area (Å²) in [6, 6.07) is 36.7. The third kappa shape index (κ3) is 3.61. The number of benzene rings is 4. The van der Waals surface area contributed by atoms with Gasteiger partial charge in [0.15, 0.2) is 11.0 Å². The van der Waals surface area contributed by atoms with E-state index in [0.717, 1.165) is 11.4 Å². The Bertz CT molecular complexity index is 1700. The molecule has 6 aromatic rings.